The molecule has 24 heavy (non-hydrogen) atoms. The maximum atomic E-state index is 12.2. The number of anilines is 1. The average molecular weight is 324 g/mol. The van der Waals surface area contributed by atoms with Gasteiger partial charge in [-0.1, -0.05) is 43.2 Å². The van der Waals surface area contributed by atoms with E-state index in [-0.39, 0.29) is 5.91 Å². The first-order valence-corrected chi connectivity index (χ1v) is 8.72. The van der Waals surface area contributed by atoms with Crippen LogP contribution in [0.5, 0.6) is 0 Å². The lowest BCUT2D eigenvalue weighted by molar-refractivity contribution is 0.0953. The van der Waals surface area contributed by atoms with Crippen LogP contribution in [-0.2, 0) is 6.42 Å². The Kier molecular flexibility index (Phi) is 5.77. The summed E-state index contributed by atoms with van der Waals surface area (Å²) in [6.07, 6.45) is 9.00. The molecule has 1 aliphatic heterocycles. The second-order valence-electron chi connectivity index (χ2n) is 6.16. The van der Waals surface area contributed by atoms with E-state index in [9.17, 15) is 4.79 Å². The van der Waals surface area contributed by atoms with Crippen molar-refractivity contribution in [3.8, 4) is 0 Å². The van der Waals surface area contributed by atoms with Crippen molar-refractivity contribution in [1.82, 2.24) is 15.3 Å². The third-order valence-electron chi connectivity index (χ3n) is 4.33. The zero-order valence-corrected chi connectivity index (χ0v) is 13.9. The Hall–Kier alpha value is -2.43. The molecule has 1 saturated heterocycles. The average Bonchev–Trinajstić information content (AvgIpc) is 2.92. The predicted molar refractivity (Wildman–Crippen MR) is 95.2 cm³/mol. The molecule has 0 radical (unpaired) electrons. The second kappa shape index (κ2) is 8.43. The number of carbonyl (C=O) groups is 1. The Balaban J connectivity index is 1.51. The quantitative estimate of drug-likeness (QED) is 0.919. The van der Waals surface area contributed by atoms with Crippen molar-refractivity contribution in [1.29, 1.82) is 0 Å². The zero-order chi connectivity index (χ0) is 16.6. The molecule has 3 rings (SSSR count). The molecule has 126 valence electrons. The molecule has 2 heterocycles. The van der Waals surface area contributed by atoms with E-state index in [1.54, 1.807) is 12.4 Å². The largest absolute Gasteiger partial charge is 0.352 e. The Bertz CT molecular complexity index is 634. The summed E-state index contributed by atoms with van der Waals surface area (Å²) in [5.74, 6) is 0.617. The predicted octanol–water partition coefficient (Wildman–Crippen LogP) is 2.83. The molecular formula is C19H24N4O. The third-order valence-corrected chi connectivity index (χ3v) is 4.33. The van der Waals surface area contributed by atoms with E-state index in [0.717, 1.165) is 25.5 Å². The molecule has 1 aromatic heterocycles. The monoisotopic (exact) mass is 324 g/mol. The van der Waals surface area contributed by atoms with Crippen molar-refractivity contribution in [3.63, 3.8) is 0 Å². The van der Waals surface area contributed by atoms with Gasteiger partial charge in [0.25, 0.3) is 5.91 Å². The van der Waals surface area contributed by atoms with E-state index in [2.05, 4.69) is 32.3 Å². The van der Waals surface area contributed by atoms with Gasteiger partial charge in [0.2, 0.25) is 5.95 Å². The summed E-state index contributed by atoms with van der Waals surface area (Å²) >= 11 is 0. The summed E-state index contributed by atoms with van der Waals surface area (Å²) in [5, 5.41) is 2.92. The molecule has 1 fully saturated rings. The summed E-state index contributed by atoms with van der Waals surface area (Å²) in [6, 6.07) is 10.1. The van der Waals surface area contributed by atoms with Gasteiger partial charge >= 0.3 is 0 Å². The third kappa shape index (κ3) is 4.54. The summed E-state index contributed by atoms with van der Waals surface area (Å²) in [4.78, 5) is 23.2. The Morgan fingerprint density at radius 3 is 2.33 bits per heavy atom. The van der Waals surface area contributed by atoms with Crippen LogP contribution in [0.15, 0.2) is 42.7 Å². The minimum atomic E-state index is -0.117. The molecule has 1 N–H and O–H groups in total. The SMILES string of the molecule is O=C(NCCc1ccccc1)c1cnc(N2CCCCCC2)nc1. The molecule has 0 atom stereocenters. The molecule has 2 aromatic rings. The van der Waals surface area contributed by atoms with Gasteiger partial charge in [-0.3, -0.25) is 4.79 Å². The van der Waals surface area contributed by atoms with Crippen molar-refractivity contribution >= 4 is 11.9 Å². The van der Waals surface area contributed by atoms with Crippen molar-refractivity contribution in [2.75, 3.05) is 24.5 Å². The highest BCUT2D eigenvalue weighted by atomic mass is 16.1. The molecular weight excluding hydrogens is 300 g/mol. The molecule has 1 amide bonds. The van der Waals surface area contributed by atoms with Crippen LogP contribution in [-0.4, -0.2) is 35.5 Å². The number of aromatic nitrogens is 2. The van der Waals surface area contributed by atoms with Crippen molar-refractivity contribution in [2.45, 2.75) is 32.1 Å². The topological polar surface area (TPSA) is 58.1 Å². The van der Waals surface area contributed by atoms with Crippen LogP contribution in [0.3, 0.4) is 0 Å². The lowest BCUT2D eigenvalue weighted by Crippen LogP contribution is -2.28. The Labute approximate surface area is 143 Å². The van der Waals surface area contributed by atoms with Crippen LogP contribution in [0.4, 0.5) is 5.95 Å². The number of benzene rings is 1. The molecule has 0 aliphatic carbocycles. The smallest absolute Gasteiger partial charge is 0.254 e. The number of carbonyl (C=O) groups excluding carboxylic acids is 1. The zero-order valence-electron chi connectivity index (χ0n) is 13.9. The summed E-state index contributed by atoms with van der Waals surface area (Å²) in [6.45, 7) is 2.61. The van der Waals surface area contributed by atoms with Gasteiger partial charge < -0.3 is 10.2 Å². The fraction of sp³-hybridized carbons (Fsp3) is 0.421. The van der Waals surface area contributed by atoms with Gasteiger partial charge in [-0.15, -0.1) is 0 Å². The van der Waals surface area contributed by atoms with Gasteiger partial charge in [-0.05, 0) is 24.8 Å². The Morgan fingerprint density at radius 2 is 1.67 bits per heavy atom. The first-order valence-electron chi connectivity index (χ1n) is 8.72. The second-order valence-corrected chi connectivity index (χ2v) is 6.16. The summed E-state index contributed by atoms with van der Waals surface area (Å²) in [5.41, 5.74) is 1.73. The van der Waals surface area contributed by atoms with Gasteiger partial charge in [-0.2, -0.15) is 0 Å². The maximum absolute atomic E-state index is 12.2. The van der Waals surface area contributed by atoms with Crippen LogP contribution in [0.2, 0.25) is 0 Å². The summed E-state index contributed by atoms with van der Waals surface area (Å²) in [7, 11) is 0. The first-order chi connectivity index (χ1) is 11.8. The highest BCUT2D eigenvalue weighted by Crippen LogP contribution is 2.15. The standard InChI is InChI=1S/C19H24N4O/c24-18(20-11-10-16-8-4-3-5-9-16)17-14-21-19(22-15-17)23-12-6-1-2-7-13-23/h3-5,8-9,14-15H,1-2,6-7,10-13H2,(H,20,24). The van der Waals surface area contributed by atoms with Crippen LogP contribution < -0.4 is 10.2 Å². The summed E-state index contributed by atoms with van der Waals surface area (Å²) < 4.78 is 0. The first kappa shape index (κ1) is 16.4. The van der Waals surface area contributed by atoms with Crippen LogP contribution in [0.25, 0.3) is 0 Å². The van der Waals surface area contributed by atoms with Crippen molar-refractivity contribution < 1.29 is 4.79 Å². The van der Waals surface area contributed by atoms with E-state index in [4.69, 9.17) is 0 Å². The lowest BCUT2D eigenvalue weighted by atomic mass is 10.1. The van der Waals surface area contributed by atoms with E-state index >= 15 is 0 Å². The number of hydrogen-bond donors (Lipinski definition) is 1. The minimum absolute atomic E-state index is 0.117. The van der Waals surface area contributed by atoms with Crippen LogP contribution in [0.1, 0.15) is 41.6 Å². The number of nitrogens with zero attached hydrogens (tertiary/aromatic N) is 3. The molecule has 0 bridgehead atoms. The highest BCUT2D eigenvalue weighted by molar-refractivity contribution is 5.93. The van der Waals surface area contributed by atoms with E-state index < -0.39 is 0 Å². The molecule has 0 unspecified atom stereocenters. The number of rotatable bonds is 5. The normalized spacial score (nSPS) is 14.9. The fourth-order valence-electron chi connectivity index (χ4n) is 2.94. The van der Waals surface area contributed by atoms with Gasteiger partial charge in [0, 0.05) is 32.0 Å². The number of nitrogens with one attached hydrogen (secondary N) is 1. The van der Waals surface area contributed by atoms with E-state index in [1.807, 2.05) is 18.2 Å². The molecule has 5 heteroatoms. The fourth-order valence-corrected chi connectivity index (χ4v) is 2.94. The van der Waals surface area contributed by atoms with Gasteiger partial charge in [0.1, 0.15) is 0 Å². The van der Waals surface area contributed by atoms with E-state index in [1.165, 1.54) is 31.2 Å². The lowest BCUT2D eigenvalue weighted by Gasteiger charge is -2.19. The van der Waals surface area contributed by atoms with Gasteiger partial charge in [-0.25, -0.2) is 9.97 Å². The minimum Gasteiger partial charge on any atom is -0.352 e. The molecule has 0 spiro atoms. The van der Waals surface area contributed by atoms with Crippen molar-refractivity contribution in [2.24, 2.45) is 0 Å². The van der Waals surface area contributed by atoms with Gasteiger partial charge in [0.05, 0.1) is 5.56 Å². The van der Waals surface area contributed by atoms with E-state index in [0.29, 0.717) is 12.1 Å². The van der Waals surface area contributed by atoms with Crippen LogP contribution in [0, 0.1) is 0 Å². The molecule has 0 saturated carbocycles. The number of amides is 1. The van der Waals surface area contributed by atoms with Crippen LogP contribution >= 0.6 is 0 Å². The molecule has 1 aliphatic rings. The molecule has 5 nitrogen and oxygen atoms in total. The molecule has 1 aromatic carbocycles. The number of hydrogen-bond acceptors (Lipinski definition) is 4. The highest BCUT2D eigenvalue weighted by Gasteiger charge is 2.13. The Morgan fingerprint density at radius 1 is 1.00 bits per heavy atom. The van der Waals surface area contributed by atoms with Crippen molar-refractivity contribution in [3.05, 3.63) is 53.9 Å². The maximum Gasteiger partial charge on any atom is 0.254 e. The van der Waals surface area contributed by atoms with Gasteiger partial charge in [0.15, 0.2) is 0 Å².